The van der Waals surface area contributed by atoms with E-state index in [1.165, 1.54) is 17.5 Å². The van der Waals surface area contributed by atoms with E-state index in [9.17, 15) is 4.79 Å². The van der Waals surface area contributed by atoms with Gasteiger partial charge in [0, 0.05) is 24.5 Å². The van der Waals surface area contributed by atoms with Crippen molar-refractivity contribution in [2.24, 2.45) is 23.2 Å². The van der Waals surface area contributed by atoms with Crippen LogP contribution in [0.25, 0.3) is 10.8 Å². The van der Waals surface area contributed by atoms with Gasteiger partial charge in [-0.3, -0.25) is 14.6 Å². The number of amides is 1. The van der Waals surface area contributed by atoms with E-state index in [-0.39, 0.29) is 48.2 Å². The fraction of sp³-hybridized carbons (Fsp3) is 0.568. The topological polar surface area (TPSA) is 72.9 Å². The summed E-state index contributed by atoms with van der Waals surface area (Å²) in [6, 6.07) is 18.5. The lowest BCUT2D eigenvalue weighted by Crippen LogP contribution is -2.65. The van der Waals surface area contributed by atoms with E-state index in [2.05, 4.69) is 81.2 Å². The lowest BCUT2D eigenvalue weighted by atomic mass is 9.43. The SMILES string of the molecule is Cc1cccc(CC2CC(CNC(=O)c3nccc4ccccc34)N([C@@H](CC(C)C)B3O[C@@H]4C[C@@H]5C[C@@H](C5(C)C)[C@]4(C)O3)O2)c1. The second-order valence-electron chi connectivity index (χ2n) is 15.3. The van der Waals surface area contributed by atoms with E-state index in [0.717, 1.165) is 36.5 Å². The number of nitrogens with zero attached hydrogens (tertiary/aromatic N) is 2. The van der Waals surface area contributed by atoms with Gasteiger partial charge >= 0.3 is 7.12 Å². The quantitative estimate of drug-likeness (QED) is 0.277. The molecule has 238 valence electrons. The molecule has 8 heteroatoms. The molecule has 3 aliphatic carbocycles. The van der Waals surface area contributed by atoms with Crippen molar-refractivity contribution in [2.45, 2.75) is 103 Å². The number of pyridine rings is 1. The molecule has 8 rings (SSSR count). The number of rotatable bonds is 9. The van der Waals surface area contributed by atoms with Gasteiger partial charge in [0.25, 0.3) is 5.91 Å². The van der Waals surface area contributed by atoms with Crippen molar-refractivity contribution in [3.8, 4) is 0 Å². The van der Waals surface area contributed by atoms with Crippen LogP contribution in [0.1, 0.15) is 81.9 Å². The molecule has 1 aromatic heterocycles. The summed E-state index contributed by atoms with van der Waals surface area (Å²) in [4.78, 5) is 24.9. The first-order chi connectivity index (χ1) is 21.5. The van der Waals surface area contributed by atoms with E-state index >= 15 is 0 Å². The van der Waals surface area contributed by atoms with Crippen LogP contribution in [0.2, 0.25) is 0 Å². The Morgan fingerprint density at radius 2 is 1.91 bits per heavy atom. The Morgan fingerprint density at radius 1 is 1.09 bits per heavy atom. The van der Waals surface area contributed by atoms with Crippen molar-refractivity contribution in [1.82, 2.24) is 15.4 Å². The fourth-order valence-corrected chi connectivity index (χ4v) is 8.93. The third kappa shape index (κ3) is 5.62. The van der Waals surface area contributed by atoms with Crippen molar-refractivity contribution in [2.75, 3.05) is 6.54 Å². The van der Waals surface area contributed by atoms with Crippen LogP contribution in [0.3, 0.4) is 0 Å². The summed E-state index contributed by atoms with van der Waals surface area (Å²) < 4.78 is 13.9. The molecule has 2 aromatic carbocycles. The molecule has 0 radical (unpaired) electrons. The van der Waals surface area contributed by atoms with E-state index in [4.69, 9.17) is 14.1 Å². The number of hydroxylamine groups is 2. The maximum atomic E-state index is 13.6. The molecule has 2 bridgehead atoms. The van der Waals surface area contributed by atoms with Gasteiger partial charge in [0.2, 0.25) is 0 Å². The molecule has 2 unspecified atom stereocenters. The van der Waals surface area contributed by atoms with Crippen molar-refractivity contribution in [3.63, 3.8) is 0 Å². The van der Waals surface area contributed by atoms with Gasteiger partial charge < -0.3 is 14.6 Å². The lowest BCUT2D eigenvalue weighted by molar-refractivity contribution is -0.200. The third-order valence-electron chi connectivity index (χ3n) is 11.4. The van der Waals surface area contributed by atoms with Gasteiger partial charge in [0.15, 0.2) is 0 Å². The zero-order valence-electron chi connectivity index (χ0n) is 27.7. The Bertz CT molecular complexity index is 1560. The van der Waals surface area contributed by atoms with E-state index in [1.807, 2.05) is 30.3 Å². The van der Waals surface area contributed by atoms with Gasteiger partial charge in [-0.2, -0.15) is 5.06 Å². The molecule has 0 spiro atoms. The number of carbonyl (C=O) groups is 1. The fourth-order valence-electron chi connectivity index (χ4n) is 8.93. The predicted molar refractivity (Wildman–Crippen MR) is 177 cm³/mol. The number of nitrogens with one attached hydrogen (secondary N) is 1. The van der Waals surface area contributed by atoms with Gasteiger partial charge in [0.05, 0.1) is 29.8 Å². The smallest absolute Gasteiger partial charge is 0.404 e. The zero-order chi connectivity index (χ0) is 31.5. The number of fused-ring (bicyclic) bond motifs is 1. The van der Waals surface area contributed by atoms with Crippen LogP contribution in [-0.2, 0) is 20.6 Å². The minimum Gasteiger partial charge on any atom is -0.404 e. The van der Waals surface area contributed by atoms with Crippen LogP contribution in [0, 0.1) is 30.1 Å². The van der Waals surface area contributed by atoms with E-state index in [1.54, 1.807) is 6.20 Å². The minimum absolute atomic E-state index is 0.00921. The molecule has 7 nitrogen and oxygen atoms in total. The monoisotopic (exact) mass is 609 g/mol. The maximum Gasteiger partial charge on any atom is 0.478 e. The van der Waals surface area contributed by atoms with Crippen molar-refractivity contribution in [1.29, 1.82) is 0 Å². The molecule has 45 heavy (non-hydrogen) atoms. The van der Waals surface area contributed by atoms with Gasteiger partial charge in [-0.05, 0) is 79.7 Å². The molecule has 1 N–H and O–H groups in total. The first kappa shape index (κ1) is 30.9. The Morgan fingerprint density at radius 3 is 2.69 bits per heavy atom. The summed E-state index contributed by atoms with van der Waals surface area (Å²) in [5.41, 5.74) is 2.95. The summed E-state index contributed by atoms with van der Waals surface area (Å²) in [5, 5.41) is 7.25. The van der Waals surface area contributed by atoms with Crippen LogP contribution in [0.15, 0.2) is 60.8 Å². The maximum absolute atomic E-state index is 13.6. The predicted octanol–water partition coefficient (Wildman–Crippen LogP) is 6.57. The highest BCUT2D eigenvalue weighted by Gasteiger charge is 2.69. The summed E-state index contributed by atoms with van der Waals surface area (Å²) in [6.07, 6.45) is 6.57. The molecule has 2 saturated heterocycles. The summed E-state index contributed by atoms with van der Waals surface area (Å²) >= 11 is 0. The Kier molecular flexibility index (Phi) is 8.08. The summed E-state index contributed by atoms with van der Waals surface area (Å²) in [5.74, 6) is 1.35. The number of hydrogen-bond donors (Lipinski definition) is 1. The normalized spacial score (nSPS) is 31.2. The van der Waals surface area contributed by atoms with Gasteiger partial charge in [-0.25, -0.2) is 0 Å². The Labute approximate surface area is 268 Å². The molecule has 5 aliphatic rings. The van der Waals surface area contributed by atoms with Crippen molar-refractivity contribution < 1.29 is 18.9 Å². The van der Waals surface area contributed by atoms with Crippen LogP contribution in [0.4, 0.5) is 0 Å². The zero-order valence-corrected chi connectivity index (χ0v) is 27.7. The molecule has 1 amide bonds. The standard InChI is InChI=1S/C37H48BN3O4/c1-23(2)16-33(38-43-32-20-27-19-31(36(27,4)5)37(32,6)45-38)41-28(21-29(44-41)18-25-11-9-10-24(3)17-25)22-40-35(42)34-30-13-8-7-12-26(30)14-15-39-34/h7-15,17,23,27-29,31-33H,16,18-22H2,1-6H3,(H,40,42)/t27-,28?,29?,31-,32+,33-,37-/m0/s1. The van der Waals surface area contributed by atoms with Crippen LogP contribution in [0.5, 0.6) is 0 Å². The number of aromatic nitrogens is 1. The van der Waals surface area contributed by atoms with Gasteiger partial charge in [0.1, 0.15) is 5.69 Å². The van der Waals surface area contributed by atoms with Crippen molar-refractivity contribution in [3.05, 3.63) is 77.6 Å². The van der Waals surface area contributed by atoms with E-state index < -0.39 is 0 Å². The van der Waals surface area contributed by atoms with Crippen molar-refractivity contribution >= 4 is 23.8 Å². The largest absolute Gasteiger partial charge is 0.478 e. The number of benzene rings is 2. The molecular weight excluding hydrogens is 561 g/mol. The highest BCUT2D eigenvalue weighted by molar-refractivity contribution is 6.47. The van der Waals surface area contributed by atoms with Gasteiger partial charge in [-0.15, -0.1) is 0 Å². The van der Waals surface area contributed by atoms with E-state index in [0.29, 0.717) is 30.0 Å². The van der Waals surface area contributed by atoms with Crippen LogP contribution in [-0.4, -0.2) is 59.4 Å². The first-order valence-corrected chi connectivity index (χ1v) is 17.0. The number of carbonyl (C=O) groups excluding carboxylic acids is 1. The Balaban J connectivity index is 1.14. The molecule has 3 aromatic rings. The summed E-state index contributed by atoms with van der Waals surface area (Å²) in [6.45, 7) is 14.2. The average Bonchev–Trinajstić information content (AvgIpc) is 3.58. The molecular formula is C37H48BN3O4. The Hall–Kier alpha value is -2.78. The second-order valence-corrected chi connectivity index (χ2v) is 15.3. The molecule has 3 heterocycles. The lowest BCUT2D eigenvalue weighted by Gasteiger charge is -2.64. The van der Waals surface area contributed by atoms with Crippen LogP contribution < -0.4 is 5.32 Å². The molecule has 7 atom stereocenters. The molecule has 3 saturated carbocycles. The number of aryl methyl sites for hydroxylation is 1. The molecule has 2 aliphatic heterocycles. The highest BCUT2D eigenvalue weighted by Crippen LogP contribution is 2.66. The van der Waals surface area contributed by atoms with Gasteiger partial charge in [-0.1, -0.05) is 81.8 Å². The third-order valence-corrected chi connectivity index (χ3v) is 11.4. The second kappa shape index (κ2) is 11.8. The highest BCUT2D eigenvalue weighted by atomic mass is 16.7. The van der Waals surface area contributed by atoms with Crippen LogP contribution >= 0.6 is 0 Å². The number of hydrogen-bond acceptors (Lipinski definition) is 6. The minimum atomic E-state index is -0.381. The first-order valence-electron chi connectivity index (χ1n) is 17.0. The molecule has 5 fully saturated rings. The summed E-state index contributed by atoms with van der Waals surface area (Å²) in [7, 11) is -0.381. The average molecular weight is 610 g/mol.